The fraction of sp³-hybridized carbons (Fsp3) is 0. The molecule has 2 heterocycles. The third kappa shape index (κ3) is 3.65. The van der Waals surface area contributed by atoms with Gasteiger partial charge in [0, 0.05) is 29.7 Å². The average molecular weight is 302 g/mol. The van der Waals surface area contributed by atoms with E-state index in [-0.39, 0.29) is 5.91 Å². The van der Waals surface area contributed by atoms with Crippen LogP contribution in [0.3, 0.4) is 0 Å². The van der Waals surface area contributed by atoms with Crippen LogP contribution in [0.15, 0.2) is 84.4 Å². The molecule has 112 valence electrons. The molecule has 1 aromatic carbocycles. The van der Waals surface area contributed by atoms with Gasteiger partial charge in [-0.15, -0.1) is 0 Å². The highest BCUT2D eigenvalue weighted by atomic mass is 16.2. The highest BCUT2D eigenvalue weighted by Gasteiger charge is 2.09. The second-order valence-electron chi connectivity index (χ2n) is 4.72. The number of aromatic nitrogens is 2. The molecule has 0 atom stereocenters. The molecule has 0 saturated carbocycles. The van der Waals surface area contributed by atoms with Crippen molar-refractivity contribution in [1.82, 2.24) is 15.4 Å². The summed E-state index contributed by atoms with van der Waals surface area (Å²) in [4.78, 5) is 20.2. The maximum absolute atomic E-state index is 12.1. The molecule has 0 aliphatic heterocycles. The van der Waals surface area contributed by atoms with E-state index < -0.39 is 0 Å². The number of pyridine rings is 2. The molecule has 0 aliphatic rings. The molecule has 0 bridgehead atoms. The lowest BCUT2D eigenvalue weighted by molar-refractivity contribution is 0.0950. The van der Waals surface area contributed by atoms with Crippen LogP contribution in [-0.4, -0.2) is 21.6 Å². The Labute approximate surface area is 133 Å². The van der Waals surface area contributed by atoms with Gasteiger partial charge in [0.2, 0.25) is 0 Å². The minimum absolute atomic E-state index is 0.315. The third-order valence-corrected chi connectivity index (χ3v) is 3.15. The molecule has 1 N–H and O–H groups in total. The number of rotatable bonds is 4. The first-order valence-corrected chi connectivity index (χ1v) is 7.09. The van der Waals surface area contributed by atoms with Gasteiger partial charge in [-0.3, -0.25) is 14.8 Å². The van der Waals surface area contributed by atoms with Crippen molar-refractivity contribution in [3.05, 3.63) is 96.1 Å². The van der Waals surface area contributed by atoms with Crippen LogP contribution in [0.25, 0.3) is 0 Å². The van der Waals surface area contributed by atoms with Gasteiger partial charge in [-0.05, 0) is 24.3 Å². The predicted octanol–water partition coefficient (Wildman–Crippen LogP) is 2.66. The largest absolute Gasteiger partial charge is 0.289 e. The summed E-state index contributed by atoms with van der Waals surface area (Å²) in [7, 11) is 0. The highest BCUT2D eigenvalue weighted by Crippen LogP contribution is 2.09. The number of hydrogen-bond donors (Lipinski definition) is 1. The molecule has 0 aliphatic carbocycles. The van der Waals surface area contributed by atoms with Crippen LogP contribution in [0.4, 0.5) is 0 Å². The van der Waals surface area contributed by atoms with E-state index in [1.165, 1.54) is 0 Å². The number of nitrogens with zero attached hydrogens (tertiary/aromatic N) is 3. The molecule has 1 amide bonds. The molecule has 5 heteroatoms. The Kier molecular flexibility index (Phi) is 4.49. The predicted molar refractivity (Wildman–Crippen MR) is 88.0 cm³/mol. The fourth-order valence-corrected chi connectivity index (χ4v) is 2.06. The van der Waals surface area contributed by atoms with E-state index in [1.807, 2.05) is 42.5 Å². The van der Waals surface area contributed by atoms with E-state index in [4.69, 9.17) is 0 Å². The Morgan fingerprint density at radius 2 is 1.65 bits per heavy atom. The number of carbonyl (C=O) groups excluding carboxylic acids is 1. The van der Waals surface area contributed by atoms with E-state index in [2.05, 4.69) is 20.5 Å². The first kappa shape index (κ1) is 14.6. The van der Waals surface area contributed by atoms with Gasteiger partial charge in [-0.25, -0.2) is 5.43 Å². The van der Waals surface area contributed by atoms with Gasteiger partial charge < -0.3 is 0 Å². The third-order valence-electron chi connectivity index (χ3n) is 3.15. The Bertz CT molecular complexity index is 761. The highest BCUT2D eigenvalue weighted by molar-refractivity contribution is 6.13. The van der Waals surface area contributed by atoms with Crippen LogP contribution in [0.1, 0.15) is 21.6 Å². The summed E-state index contributed by atoms with van der Waals surface area (Å²) in [6.07, 6.45) is 4.97. The van der Waals surface area contributed by atoms with Crippen molar-refractivity contribution in [2.75, 3.05) is 0 Å². The molecular weight excluding hydrogens is 288 g/mol. The maximum atomic E-state index is 12.1. The number of carbonyl (C=O) groups is 1. The van der Waals surface area contributed by atoms with Crippen molar-refractivity contribution in [3.63, 3.8) is 0 Å². The van der Waals surface area contributed by atoms with Gasteiger partial charge in [-0.2, -0.15) is 5.10 Å². The summed E-state index contributed by atoms with van der Waals surface area (Å²) in [6, 6.07) is 18.5. The van der Waals surface area contributed by atoms with Crippen LogP contribution in [0.5, 0.6) is 0 Å². The first-order chi connectivity index (χ1) is 11.3. The molecule has 5 nitrogen and oxygen atoms in total. The smallest absolute Gasteiger partial charge is 0.266 e. The molecule has 23 heavy (non-hydrogen) atoms. The van der Waals surface area contributed by atoms with Crippen LogP contribution in [0, 0.1) is 0 Å². The number of amides is 1. The maximum Gasteiger partial charge on any atom is 0.289 e. The SMILES string of the molecule is O=C(NN=C(c1ccccc1)c1cccnc1)c1ccccn1. The molecule has 3 aromatic rings. The number of hydrazone groups is 1. The second-order valence-corrected chi connectivity index (χ2v) is 4.72. The van der Waals surface area contributed by atoms with Crippen LogP contribution in [-0.2, 0) is 0 Å². The van der Waals surface area contributed by atoms with E-state index in [0.29, 0.717) is 11.4 Å². The summed E-state index contributed by atoms with van der Waals surface area (Å²) in [5.74, 6) is -0.358. The quantitative estimate of drug-likeness (QED) is 0.595. The lowest BCUT2D eigenvalue weighted by Crippen LogP contribution is -2.21. The van der Waals surface area contributed by atoms with Crippen molar-refractivity contribution in [2.45, 2.75) is 0 Å². The fourth-order valence-electron chi connectivity index (χ4n) is 2.06. The van der Waals surface area contributed by atoms with E-state index in [9.17, 15) is 4.79 Å². The Balaban J connectivity index is 1.91. The van der Waals surface area contributed by atoms with Crippen molar-refractivity contribution < 1.29 is 4.79 Å². The molecule has 2 aromatic heterocycles. The molecule has 0 saturated heterocycles. The lowest BCUT2D eigenvalue weighted by Gasteiger charge is -2.07. The van der Waals surface area contributed by atoms with Gasteiger partial charge in [0.1, 0.15) is 5.69 Å². The standard InChI is InChI=1S/C18H14N4O/c23-18(16-10-4-5-12-20-16)22-21-17(14-7-2-1-3-8-14)15-9-6-11-19-13-15/h1-13H,(H,22,23). The number of nitrogens with one attached hydrogen (secondary N) is 1. The molecule has 0 radical (unpaired) electrons. The zero-order chi connectivity index (χ0) is 15.9. The number of hydrogen-bond acceptors (Lipinski definition) is 4. The zero-order valence-corrected chi connectivity index (χ0v) is 12.3. The Hall–Kier alpha value is -3.34. The van der Waals surface area contributed by atoms with E-state index in [0.717, 1.165) is 11.1 Å². The molecule has 3 rings (SSSR count). The van der Waals surface area contributed by atoms with Gasteiger partial charge in [0.25, 0.3) is 5.91 Å². The van der Waals surface area contributed by atoms with Gasteiger partial charge >= 0.3 is 0 Å². The van der Waals surface area contributed by atoms with E-state index >= 15 is 0 Å². The molecule has 0 spiro atoms. The first-order valence-electron chi connectivity index (χ1n) is 7.09. The van der Waals surface area contributed by atoms with Gasteiger partial charge in [0.05, 0.1) is 5.71 Å². The minimum Gasteiger partial charge on any atom is -0.266 e. The van der Waals surface area contributed by atoms with Crippen molar-refractivity contribution in [2.24, 2.45) is 5.10 Å². The summed E-state index contributed by atoms with van der Waals surface area (Å²) in [5.41, 5.74) is 5.22. The monoisotopic (exact) mass is 302 g/mol. The summed E-state index contributed by atoms with van der Waals surface area (Å²) in [5, 5.41) is 4.28. The van der Waals surface area contributed by atoms with Crippen LogP contribution >= 0.6 is 0 Å². The van der Waals surface area contributed by atoms with Crippen molar-refractivity contribution in [3.8, 4) is 0 Å². The van der Waals surface area contributed by atoms with Crippen molar-refractivity contribution >= 4 is 11.6 Å². The Morgan fingerprint density at radius 3 is 2.35 bits per heavy atom. The number of benzene rings is 1. The van der Waals surface area contributed by atoms with Gasteiger partial charge in [0.15, 0.2) is 0 Å². The van der Waals surface area contributed by atoms with Crippen molar-refractivity contribution in [1.29, 1.82) is 0 Å². The minimum atomic E-state index is -0.358. The second kappa shape index (κ2) is 7.09. The van der Waals surface area contributed by atoms with Gasteiger partial charge in [-0.1, -0.05) is 36.4 Å². The normalized spacial score (nSPS) is 11.0. The molecule has 0 fully saturated rings. The topological polar surface area (TPSA) is 67.2 Å². The summed E-state index contributed by atoms with van der Waals surface area (Å²) >= 11 is 0. The summed E-state index contributed by atoms with van der Waals surface area (Å²) in [6.45, 7) is 0. The zero-order valence-electron chi connectivity index (χ0n) is 12.3. The van der Waals surface area contributed by atoms with E-state index in [1.54, 1.807) is 36.8 Å². The lowest BCUT2D eigenvalue weighted by atomic mass is 10.0. The van der Waals surface area contributed by atoms with Crippen LogP contribution in [0.2, 0.25) is 0 Å². The molecule has 0 unspecified atom stereocenters. The Morgan fingerprint density at radius 1 is 0.870 bits per heavy atom. The molecular formula is C18H14N4O. The average Bonchev–Trinajstić information content (AvgIpc) is 2.64. The summed E-state index contributed by atoms with van der Waals surface area (Å²) < 4.78 is 0. The van der Waals surface area contributed by atoms with Crippen LogP contribution < -0.4 is 5.43 Å².